The van der Waals surface area contributed by atoms with Crippen molar-refractivity contribution in [3.63, 3.8) is 0 Å². The van der Waals surface area contributed by atoms with E-state index in [0.29, 0.717) is 19.2 Å². The van der Waals surface area contributed by atoms with E-state index in [4.69, 9.17) is 4.74 Å². The normalized spacial score (nSPS) is 18.1. The summed E-state index contributed by atoms with van der Waals surface area (Å²) in [5, 5.41) is 3.41. The molecule has 0 spiro atoms. The van der Waals surface area contributed by atoms with Crippen molar-refractivity contribution in [3.8, 4) is 0 Å². The number of esters is 1. The molecule has 0 amide bonds. The van der Waals surface area contributed by atoms with Crippen LogP contribution >= 0.6 is 0 Å². The average Bonchev–Trinajstić information content (AvgIpc) is 3.11. The van der Waals surface area contributed by atoms with E-state index >= 15 is 0 Å². The summed E-state index contributed by atoms with van der Waals surface area (Å²) in [7, 11) is 0. The van der Waals surface area contributed by atoms with Crippen LogP contribution < -0.4 is 5.32 Å². The maximum atomic E-state index is 12.2. The minimum atomic E-state index is -0.685. The molecule has 0 bridgehead atoms. The van der Waals surface area contributed by atoms with Crippen molar-refractivity contribution >= 4 is 5.97 Å². The van der Waals surface area contributed by atoms with Gasteiger partial charge in [0.1, 0.15) is 5.54 Å². The van der Waals surface area contributed by atoms with E-state index < -0.39 is 5.54 Å². The van der Waals surface area contributed by atoms with Gasteiger partial charge in [-0.05, 0) is 40.5 Å². The zero-order chi connectivity index (χ0) is 14.0. The van der Waals surface area contributed by atoms with Gasteiger partial charge in [-0.1, -0.05) is 0 Å². The monoisotopic (exact) mass is 265 g/mol. The molecule has 5 heteroatoms. The number of hydrogen-bond acceptors (Lipinski definition) is 4. The summed E-state index contributed by atoms with van der Waals surface area (Å²) < 4.78 is 7.23. The molecule has 0 radical (unpaired) electrons. The van der Waals surface area contributed by atoms with Crippen molar-refractivity contribution in [1.29, 1.82) is 0 Å². The van der Waals surface area contributed by atoms with Crippen LogP contribution in [0.5, 0.6) is 0 Å². The Balaban J connectivity index is 2.16. The topological polar surface area (TPSA) is 56.2 Å². The van der Waals surface area contributed by atoms with Gasteiger partial charge in [0.05, 0.1) is 25.2 Å². The third-order valence-electron chi connectivity index (χ3n) is 3.66. The van der Waals surface area contributed by atoms with Crippen molar-refractivity contribution in [2.75, 3.05) is 6.61 Å². The first-order chi connectivity index (χ1) is 8.96. The second-order valence-corrected chi connectivity index (χ2v) is 5.51. The Hall–Kier alpha value is -1.36. The summed E-state index contributed by atoms with van der Waals surface area (Å²) >= 11 is 0. The molecule has 1 saturated carbocycles. The first-order valence-electron chi connectivity index (χ1n) is 6.89. The Labute approximate surface area is 114 Å². The highest BCUT2D eigenvalue weighted by atomic mass is 16.5. The van der Waals surface area contributed by atoms with Gasteiger partial charge in [0, 0.05) is 11.7 Å². The summed E-state index contributed by atoms with van der Waals surface area (Å²) in [6.45, 7) is 8.70. The Morgan fingerprint density at radius 2 is 2.26 bits per heavy atom. The predicted molar refractivity (Wildman–Crippen MR) is 72.9 cm³/mol. The zero-order valence-corrected chi connectivity index (χ0v) is 12.2. The molecule has 1 aliphatic carbocycles. The summed E-state index contributed by atoms with van der Waals surface area (Å²) in [5.41, 5.74) is 1.40. The van der Waals surface area contributed by atoms with E-state index in [2.05, 4.69) is 10.3 Å². The summed E-state index contributed by atoms with van der Waals surface area (Å²) in [6, 6.07) is 0.444. The maximum Gasteiger partial charge on any atom is 0.327 e. The lowest BCUT2D eigenvalue weighted by Gasteiger charge is -2.29. The quantitative estimate of drug-likeness (QED) is 0.793. The average molecular weight is 265 g/mol. The second-order valence-electron chi connectivity index (χ2n) is 5.51. The molecule has 1 aromatic rings. The van der Waals surface area contributed by atoms with Crippen molar-refractivity contribution < 1.29 is 9.53 Å². The Morgan fingerprint density at radius 3 is 2.74 bits per heavy atom. The molecule has 1 fully saturated rings. The lowest BCUT2D eigenvalue weighted by Crippen LogP contribution is -2.54. The SMILES string of the molecule is CCOC(=O)C(C)(Cn1cnc(C)c1C)NC1CC1. The van der Waals surface area contributed by atoms with Gasteiger partial charge in [-0.25, -0.2) is 9.78 Å². The first-order valence-corrected chi connectivity index (χ1v) is 6.89. The fourth-order valence-electron chi connectivity index (χ4n) is 2.18. The number of hydrogen-bond donors (Lipinski definition) is 1. The highest BCUT2D eigenvalue weighted by molar-refractivity contribution is 5.80. The molecule has 0 aliphatic heterocycles. The molecule has 106 valence electrons. The van der Waals surface area contributed by atoms with Crippen LogP contribution in [0.15, 0.2) is 6.33 Å². The molecule has 1 N–H and O–H groups in total. The fraction of sp³-hybridized carbons (Fsp3) is 0.714. The van der Waals surface area contributed by atoms with Crippen molar-refractivity contribution in [2.45, 2.75) is 58.7 Å². The number of nitrogens with one attached hydrogen (secondary N) is 1. The number of ether oxygens (including phenoxy) is 1. The molecule has 1 aliphatic rings. The molecule has 0 saturated heterocycles. The van der Waals surface area contributed by atoms with E-state index in [0.717, 1.165) is 24.2 Å². The van der Waals surface area contributed by atoms with Gasteiger partial charge in [-0.2, -0.15) is 0 Å². The number of imidazole rings is 1. The highest BCUT2D eigenvalue weighted by Gasteiger charge is 2.40. The number of aryl methyl sites for hydroxylation is 1. The minimum absolute atomic E-state index is 0.187. The van der Waals surface area contributed by atoms with Crippen molar-refractivity contribution in [1.82, 2.24) is 14.9 Å². The number of rotatable bonds is 6. The van der Waals surface area contributed by atoms with Crippen LogP contribution in [0.3, 0.4) is 0 Å². The third kappa shape index (κ3) is 3.15. The van der Waals surface area contributed by atoms with Crippen molar-refractivity contribution in [2.24, 2.45) is 0 Å². The van der Waals surface area contributed by atoms with Gasteiger partial charge in [0.25, 0.3) is 0 Å². The predicted octanol–water partition coefficient (Wildman–Crippen LogP) is 1.57. The van der Waals surface area contributed by atoms with Crippen LogP contribution in [-0.2, 0) is 16.1 Å². The zero-order valence-electron chi connectivity index (χ0n) is 12.2. The number of carbonyl (C=O) groups excluding carboxylic acids is 1. The second kappa shape index (κ2) is 5.33. The van der Waals surface area contributed by atoms with Gasteiger partial charge in [0.2, 0.25) is 0 Å². The van der Waals surface area contributed by atoms with Gasteiger partial charge < -0.3 is 9.30 Å². The number of aromatic nitrogens is 2. The molecular weight excluding hydrogens is 242 g/mol. The molecule has 1 heterocycles. The first kappa shape index (κ1) is 14.1. The lowest BCUT2D eigenvalue weighted by molar-refractivity contribution is -0.151. The smallest absolute Gasteiger partial charge is 0.327 e. The third-order valence-corrected chi connectivity index (χ3v) is 3.66. The molecule has 1 aromatic heterocycles. The molecular formula is C14H23N3O2. The minimum Gasteiger partial charge on any atom is -0.465 e. The van der Waals surface area contributed by atoms with Crippen LogP contribution in [0.2, 0.25) is 0 Å². The molecule has 2 rings (SSSR count). The standard InChI is InChI=1S/C14H23N3O2/c1-5-19-13(18)14(4,16-12-6-7-12)8-17-9-15-10(2)11(17)3/h9,12,16H,5-8H2,1-4H3. The van der Waals surface area contributed by atoms with E-state index in [1.54, 1.807) is 6.33 Å². The molecule has 1 unspecified atom stereocenters. The fourth-order valence-corrected chi connectivity index (χ4v) is 2.18. The number of nitrogens with zero attached hydrogens (tertiary/aromatic N) is 2. The Bertz CT molecular complexity index is 465. The largest absolute Gasteiger partial charge is 0.465 e. The van der Waals surface area contributed by atoms with Gasteiger partial charge in [-0.3, -0.25) is 5.32 Å². The van der Waals surface area contributed by atoms with Gasteiger partial charge in [-0.15, -0.1) is 0 Å². The van der Waals surface area contributed by atoms with E-state index in [-0.39, 0.29) is 5.97 Å². The van der Waals surface area contributed by atoms with Crippen molar-refractivity contribution in [3.05, 3.63) is 17.7 Å². The highest BCUT2D eigenvalue weighted by Crippen LogP contribution is 2.24. The molecule has 0 aromatic carbocycles. The Morgan fingerprint density at radius 1 is 1.58 bits per heavy atom. The van der Waals surface area contributed by atoms with E-state index in [9.17, 15) is 4.79 Å². The number of carbonyl (C=O) groups is 1. The molecule has 5 nitrogen and oxygen atoms in total. The lowest BCUT2D eigenvalue weighted by atomic mass is 10.0. The van der Waals surface area contributed by atoms with Gasteiger partial charge >= 0.3 is 5.97 Å². The summed E-state index contributed by atoms with van der Waals surface area (Å²) in [6.07, 6.45) is 4.06. The Kier molecular flexibility index (Phi) is 3.94. The summed E-state index contributed by atoms with van der Waals surface area (Å²) in [4.78, 5) is 16.5. The van der Waals surface area contributed by atoms with Crippen LogP contribution in [0, 0.1) is 13.8 Å². The maximum absolute atomic E-state index is 12.2. The van der Waals surface area contributed by atoms with E-state index in [1.807, 2.05) is 32.3 Å². The van der Waals surface area contributed by atoms with Crippen LogP contribution in [-0.4, -0.2) is 33.7 Å². The molecule has 1 atom stereocenters. The molecule has 19 heavy (non-hydrogen) atoms. The van der Waals surface area contributed by atoms with Crippen LogP contribution in [0.25, 0.3) is 0 Å². The van der Waals surface area contributed by atoms with Gasteiger partial charge in [0.15, 0.2) is 0 Å². The summed E-state index contributed by atoms with van der Waals surface area (Å²) in [5.74, 6) is -0.187. The van der Waals surface area contributed by atoms with Crippen LogP contribution in [0.1, 0.15) is 38.1 Å². The van der Waals surface area contributed by atoms with Crippen LogP contribution in [0.4, 0.5) is 0 Å². The van der Waals surface area contributed by atoms with E-state index in [1.165, 1.54) is 0 Å².